The van der Waals surface area contributed by atoms with Gasteiger partial charge in [0.2, 0.25) is 15.9 Å². The highest BCUT2D eigenvalue weighted by Gasteiger charge is 2.37. The molecule has 0 radical (unpaired) electrons. The molecule has 1 heterocycles. The summed E-state index contributed by atoms with van der Waals surface area (Å²) in [6.45, 7) is 1.56. The molecule has 1 aliphatic heterocycles. The van der Waals surface area contributed by atoms with Crippen molar-refractivity contribution in [3.63, 3.8) is 0 Å². The molecule has 8 nitrogen and oxygen atoms in total. The van der Waals surface area contributed by atoms with E-state index in [2.05, 4.69) is 5.32 Å². The van der Waals surface area contributed by atoms with Crippen LogP contribution in [0.5, 0.6) is 0 Å². The highest BCUT2D eigenvalue weighted by molar-refractivity contribution is 7.89. The van der Waals surface area contributed by atoms with E-state index >= 15 is 0 Å². The average molecular weight is 382 g/mol. The first-order chi connectivity index (χ1) is 12.2. The molecule has 1 fully saturated rings. The highest BCUT2D eigenvalue weighted by Crippen LogP contribution is 2.26. The third-order valence-corrected chi connectivity index (χ3v) is 6.18. The molecule has 0 aromatic heterocycles. The Bertz CT molecular complexity index is 788. The molecule has 2 N–H and O–H groups in total. The molecule has 1 unspecified atom stereocenters. The maximum Gasteiger partial charge on any atom is 0.305 e. The van der Waals surface area contributed by atoms with E-state index in [4.69, 9.17) is 5.11 Å². The van der Waals surface area contributed by atoms with E-state index in [1.165, 1.54) is 31.2 Å². The number of amides is 1. The van der Waals surface area contributed by atoms with E-state index in [-0.39, 0.29) is 30.2 Å². The molecule has 2 rings (SSSR count). The Morgan fingerprint density at radius 2 is 1.85 bits per heavy atom. The van der Waals surface area contributed by atoms with Gasteiger partial charge in [0.25, 0.3) is 0 Å². The molecule has 1 aromatic carbocycles. The standard InChI is InChI=1S/C17H22N2O6S/c1-12(20)13-5-7-14(8-6-13)26(24,25)19-11-3-2-4-15(19)17(23)18-10-9-16(21)22/h5-8,15H,2-4,9-11H2,1H3,(H,18,23)(H,21,22). The summed E-state index contributed by atoms with van der Waals surface area (Å²) in [4.78, 5) is 34.3. The molecular formula is C17H22N2O6S. The minimum absolute atomic E-state index is 0.0211. The molecule has 1 atom stereocenters. The Balaban J connectivity index is 2.20. The van der Waals surface area contributed by atoms with Crippen molar-refractivity contribution >= 4 is 27.7 Å². The summed E-state index contributed by atoms with van der Waals surface area (Å²) in [7, 11) is -3.90. The van der Waals surface area contributed by atoms with Crippen molar-refractivity contribution in [1.29, 1.82) is 0 Å². The molecule has 0 saturated carbocycles. The van der Waals surface area contributed by atoms with E-state index in [0.717, 1.165) is 4.31 Å². The lowest BCUT2D eigenvalue weighted by Crippen LogP contribution is -2.52. The van der Waals surface area contributed by atoms with Crippen LogP contribution in [0, 0.1) is 0 Å². The lowest BCUT2D eigenvalue weighted by Gasteiger charge is -2.33. The van der Waals surface area contributed by atoms with Crippen LogP contribution in [0.15, 0.2) is 29.2 Å². The van der Waals surface area contributed by atoms with Gasteiger partial charge >= 0.3 is 5.97 Å². The SMILES string of the molecule is CC(=O)c1ccc(S(=O)(=O)N2CCCCC2C(=O)NCCC(=O)O)cc1. The predicted molar refractivity (Wildman–Crippen MR) is 93.2 cm³/mol. The Morgan fingerprint density at radius 3 is 2.42 bits per heavy atom. The summed E-state index contributed by atoms with van der Waals surface area (Å²) >= 11 is 0. The minimum atomic E-state index is -3.90. The summed E-state index contributed by atoms with van der Waals surface area (Å²) in [5.41, 5.74) is 0.408. The monoisotopic (exact) mass is 382 g/mol. The van der Waals surface area contributed by atoms with Gasteiger partial charge in [0.1, 0.15) is 6.04 Å². The van der Waals surface area contributed by atoms with E-state index in [0.29, 0.717) is 24.8 Å². The summed E-state index contributed by atoms with van der Waals surface area (Å²) in [5.74, 6) is -1.69. The van der Waals surface area contributed by atoms with Gasteiger partial charge < -0.3 is 10.4 Å². The number of Topliss-reactive ketones (excluding diaryl/α,β-unsaturated/α-hetero) is 1. The number of nitrogens with zero attached hydrogens (tertiary/aromatic N) is 1. The lowest BCUT2D eigenvalue weighted by molar-refractivity contribution is -0.137. The molecule has 0 spiro atoms. The van der Waals surface area contributed by atoms with Gasteiger partial charge in [0, 0.05) is 18.7 Å². The minimum Gasteiger partial charge on any atom is -0.481 e. The molecule has 1 amide bonds. The molecule has 0 aliphatic carbocycles. The Kier molecular flexibility index (Phi) is 6.49. The number of carbonyl (C=O) groups excluding carboxylic acids is 2. The smallest absolute Gasteiger partial charge is 0.305 e. The normalized spacial score (nSPS) is 18.3. The Morgan fingerprint density at radius 1 is 1.19 bits per heavy atom. The molecule has 26 heavy (non-hydrogen) atoms. The number of hydrogen-bond donors (Lipinski definition) is 2. The van der Waals surface area contributed by atoms with Gasteiger partial charge in [-0.05, 0) is 31.9 Å². The highest BCUT2D eigenvalue weighted by atomic mass is 32.2. The predicted octanol–water partition coefficient (Wildman–Crippen LogP) is 1.02. The topological polar surface area (TPSA) is 121 Å². The quantitative estimate of drug-likeness (QED) is 0.679. The van der Waals surface area contributed by atoms with Gasteiger partial charge in [-0.1, -0.05) is 18.6 Å². The van der Waals surface area contributed by atoms with Gasteiger partial charge in [-0.15, -0.1) is 0 Å². The molecule has 1 saturated heterocycles. The molecular weight excluding hydrogens is 360 g/mol. The number of nitrogens with one attached hydrogen (secondary N) is 1. The fourth-order valence-corrected chi connectivity index (χ4v) is 4.52. The van der Waals surface area contributed by atoms with E-state index < -0.39 is 27.9 Å². The van der Waals surface area contributed by atoms with E-state index in [9.17, 15) is 22.8 Å². The van der Waals surface area contributed by atoms with Crippen LogP contribution in [0.4, 0.5) is 0 Å². The third-order valence-electron chi connectivity index (χ3n) is 4.26. The van der Waals surface area contributed by atoms with E-state index in [1.807, 2.05) is 0 Å². The van der Waals surface area contributed by atoms with Crippen molar-refractivity contribution in [2.45, 2.75) is 43.5 Å². The summed E-state index contributed by atoms with van der Waals surface area (Å²) in [5, 5.41) is 11.1. The van der Waals surface area contributed by atoms with Gasteiger partial charge in [-0.25, -0.2) is 8.42 Å². The van der Waals surface area contributed by atoms with Crippen LogP contribution in [0.25, 0.3) is 0 Å². The van der Waals surface area contributed by atoms with Crippen molar-refractivity contribution in [1.82, 2.24) is 9.62 Å². The van der Waals surface area contributed by atoms with Crippen LogP contribution in [0.1, 0.15) is 43.0 Å². The zero-order valence-electron chi connectivity index (χ0n) is 14.5. The van der Waals surface area contributed by atoms with Gasteiger partial charge in [0.05, 0.1) is 11.3 Å². The van der Waals surface area contributed by atoms with Crippen molar-refractivity contribution in [2.24, 2.45) is 0 Å². The summed E-state index contributed by atoms with van der Waals surface area (Å²) in [6, 6.07) is 4.75. The molecule has 1 aromatic rings. The zero-order chi connectivity index (χ0) is 19.3. The first-order valence-electron chi connectivity index (χ1n) is 8.36. The molecule has 142 valence electrons. The van der Waals surface area contributed by atoms with Gasteiger partial charge in [-0.2, -0.15) is 4.31 Å². The zero-order valence-corrected chi connectivity index (χ0v) is 15.3. The molecule has 9 heteroatoms. The van der Waals surface area contributed by atoms with Crippen molar-refractivity contribution in [2.75, 3.05) is 13.1 Å². The Labute approximate surface area is 152 Å². The average Bonchev–Trinajstić information content (AvgIpc) is 2.61. The fourth-order valence-electron chi connectivity index (χ4n) is 2.86. The van der Waals surface area contributed by atoms with Crippen LogP contribution in [-0.2, 0) is 19.6 Å². The summed E-state index contributed by atoms with van der Waals surface area (Å²) < 4.78 is 27.0. The third kappa shape index (κ3) is 4.67. The summed E-state index contributed by atoms with van der Waals surface area (Å²) in [6.07, 6.45) is 1.51. The maximum absolute atomic E-state index is 12.9. The van der Waals surface area contributed by atoms with Crippen LogP contribution in [0.3, 0.4) is 0 Å². The van der Waals surface area contributed by atoms with Crippen molar-refractivity contribution < 1.29 is 27.9 Å². The number of benzene rings is 1. The molecule has 1 aliphatic rings. The first-order valence-corrected chi connectivity index (χ1v) is 9.80. The van der Waals surface area contributed by atoms with Gasteiger partial charge in [0.15, 0.2) is 5.78 Å². The number of ketones is 1. The van der Waals surface area contributed by atoms with Crippen LogP contribution in [0.2, 0.25) is 0 Å². The number of carboxylic acids is 1. The largest absolute Gasteiger partial charge is 0.481 e. The van der Waals surface area contributed by atoms with Crippen LogP contribution < -0.4 is 5.32 Å². The number of carbonyl (C=O) groups is 3. The number of hydrogen-bond acceptors (Lipinski definition) is 5. The number of sulfonamides is 1. The number of aliphatic carboxylic acids is 1. The number of rotatable bonds is 7. The lowest BCUT2D eigenvalue weighted by atomic mass is 10.0. The second kappa shape index (κ2) is 8.41. The molecule has 0 bridgehead atoms. The van der Waals surface area contributed by atoms with E-state index in [1.54, 1.807) is 0 Å². The second-order valence-electron chi connectivity index (χ2n) is 6.14. The number of piperidine rings is 1. The second-order valence-corrected chi connectivity index (χ2v) is 8.03. The first kappa shape index (κ1) is 20.1. The van der Waals surface area contributed by atoms with Gasteiger partial charge in [-0.3, -0.25) is 14.4 Å². The van der Waals surface area contributed by atoms with Crippen molar-refractivity contribution in [3.05, 3.63) is 29.8 Å². The van der Waals surface area contributed by atoms with Crippen LogP contribution >= 0.6 is 0 Å². The maximum atomic E-state index is 12.9. The fraction of sp³-hybridized carbons (Fsp3) is 0.471. The van der Waals surface area contributed by atoms with Crippen LogP contribution in [-0.4, -0.2) is 54.6 Å². The Hall–Kier alpha value is -2.26. The number of carboxylic acid groups (broad SMARTS) is 1. The van der Waals surface area contributed by atoms with Crippen molar-refractivity contribution in [3.8, 4) is 0 Å².